The molecule has 1 aliphatic rings. The second-order valence-corrected chi connectivity index (χ2v) is 5.65. The van der Waals surface area contributed by atoms with Gasteiger partial charge in [0.2, 0.25) is 0 Å². The van der Waals surface area contributed by atoms with Gasteiger partial charge in [0.1, 0.15) is 0 Å². The van der Waals surface area contributed by atoms with Gasteiger partial charge in [-0.05, 0) is 36.1 Å². The summed E-state index contributed by atoms with van der Waals surface area (Å²) in [5.41, 5.74) is 5.29. The molecule has 3 aromatic rings. The van der Waals surface area contributed by atoms with Crippen molar-refractivity contribution in [3.05, 3.63) is 71.9 Å². The average Bonchev–Trinajstić information content (AvgIpc) is 2.56. The van der Waals surface area contributed by atoms with Gasteiger partial charge in [-0.2, -0.15) is 0 Å². The molecule has 0 N–H and O–H groups in total. The molecule has 0 unspecified atom stereocenters. The zero-order valence-corrected chi connectivity index (χ0v) is 12.0. The number of para-hydroxylation sites is 2. The Bertz CT molecular complexity index is 774. The molecule has 0 spiro atoms. The van der Waals surface area contributed by atoms with Crippen molar-refractivity contribution in [3.8, 4) is 0 Å². The van der Waals surface area contributed by atoms with Gasteiger partial charge in [0.05, 0.1) is 5.52 Å². The first kappa shape index (κ1) is 12.4. The first-order valence-electron chi connectivity index (χ1n) is 7.57. The van der Waals surface area contributed by atoms with Crippen molar-refractivity contribution in [2.24, 2.45) is 0 Å². The smallest absolute Gasteiger partial charge is 0.0751 e. The van der Waals surface area contributed by atoms with E-state index in [0.29, 0.717) is 0 Å². The van der Waals surface area contributed by atoms with E-state index in [1.54, 1.807) is 0 Å². The molecular weight excluding hydrogens is 256 g/mol. The molecule has 2 nitrogen and oxygen atoms in total. The summed E-state index contributed by atoms with van der Waals surface area (Å²) in [5, 5.41) is 1.22. The fourth-order valence-electron chi connectivity index (χ4n) is 3.28. The first-order chi connectivity index (χ1) is 10.4. The zero-order chi connectivity index (χ0) is 14.1. The summed E-state index contributed by atoms with van der Waals surface area (Å²) in [7, 11) is 0. The molecule has 0 radical (unpaired) electrons. The maximum Gasteiger partial charge on any atom is 0.0751 e. The average molecular weight is 274 g/mol. The van der Waals surface area contributed by atoms with Crippen molar-refractivity contribution in [1.82, 2.24) is 4.98 Å². The fraction of sp³-hybridized carbons (Fsp3) is 0.211. The largest absolute Gasteiger partial charge is 0.367 e. The molecule has 104 valence electrons. The van der Waals surface area contributed by atoms with Gasteiger partial charge in [0, 0.05) is 30.4 Å². The van der Waals surface area contributed by atoms with Crippen LogP contribution in [-0.4, -0.2) is 11.5 Å². The molecule has 21 heavy (non-hydrogen) atoms. The van der Waals surface area contributed by atoms with Crippen molar-refractivity contribution < 1.29 is 0 Å². The van der Waals surface area contributed by atoms with Crippen LogP contribution in [0.5, 0.6) is 0 Å². The number of hydrogen-bond donors (Lipinski definition) is 0. The van der Waals surface area contributed by atoms with Crippen LogP contribution >= 0.6 is 0 Å². The van der Waals surface area contributed by atoms with Gasteiger partial charge in [-0.25, -0.2) is 0 Å². The molecule has 4 rings (SSSR count). The lowest BCUT2D eigenvalue weighted by Gasteiger charge is -2.31. The standard InChI is InChI=1S/C19H18N2/c1-2-11-18-15(6-1)10-5-13-21(18)14-17-8-3-7-16-9-4-12-20-19(16)17/h1-4,6-9,11-12H,5,10,13-14H2. The van der Waals surface area contributed by atoms with E-state index in [9.17, 15) is 0 Å². The minimum absolute atomic E-state index is 0.936. The topological polar surface area (TPSA) is 16.1 Å². The van der Waals surface area contributed by atoms with Crippen LogP contribution in [0.1, 0.15) is 17.5 Å². The van der Waals surface area contributed by atoms with Gasteiger partial charge in [0.25, 0.3) is 0 Å². The summed E-state index contributed by atoms with van der Waals surface area (Å²) in [6.07, 6.45) is 4.31. The molecule has 2 aromatic carbocycles. The molecule has 0 fully saturated rings. The van der Waals surface area contributed by atoms with Crippen LogP contribution in [0.15, 0.2) is 60.8 Å². The Morgan fingerprint density at radius 3 is 2.86 bits per heavy atom. The zero-order valence-electron chi connectivity index (χ0n) is 12.0. The van der Waals surface area contributed by atoms with Crippen LogP contribution in [0.4, 0.5) is 5.69 Å². The maximum atomic E-state index is 4.58. The Hall–Kier alpha value is -2.35. The van der Waals surface area contributed by atoms with E-state index in [1.807, 2.05) is 12.3 Å². The third-order valence-corrected chi connectivity index (χ3v) is 4.28. The monoisotopic (exact) mass is 274 g/mol. The van der Waals surface area contributed by atoms with E-state index in [2.05, 4.69) is 58.4 Å². The SMILES string of the molecule is c1ccc2c(c1)CCCN2Cc1cccc2cccnc12. The van der Waals surface area contributed by atoms with Gasteiger partial charge >= 0.3 is 0 Å². The van der Waals surface area contributed by atoms with Crippen molar-refractivity contribution >= 4 is 16.6 Å². The summed E-state index contributed by atoms with van der Waals surface area (Å²) < 4.78 is 0. The van der Waals surface area contributed by atoms with Crippen LogP contribution < -0.4 is 4.90 Å². The normalized spacial score (nSPS) is 14.2. The van der Waals surface area contributed by atoms with E-state index < -0.39 is 0 Å². The van der Waals surface area contributed by atoms with Gasteiger partial charge in [0.15, 0.2) is 0 Å². The first-order valence-corrected chi connectivity index (χ1v) is 7.57. The molecular formula is C19H18N2. The molecule has 0 saturated heterocycles. The van der Waals surface area contributed by atoms with Crippen molar-refractivity contribution in [2.45, 2.75) is 19.4 Å². The highest BCUT2D eigenvalue weighted by atomic mass is 15.1. The van der Waals surface area contributed by atoms with Gasteiger partial charge < -0.3 is 4.90 Å². The quantitative estimate of drug-likeness (QED) is 0.696. The Balaban J connectivity index is 1.73. The summed E-state index contributed by atoms with van der Waals surface area (Å²) in [6.45, 7) is 2.06. The van der Waals surface area contributed by atoms with Crippen LogP contribution in [-0.2, 0) is 13.0 Å². The Morgan fingerprint density at radius 2 is 1.86 bits per heavy atom. The van der Waals surface area contributed by atoms with Gasteiger partial charge in [-0.3, -0.25) is 4.98 Å². The third kappa shape index (κ3) is 2.27. The Morgan fingerprint density at radius 1 is 0.952 bits per heavy atom. The predicted octanol–water partition coefficient (Wildman–Crippen LogP) is 4.19. The second kappa shape index (κ2) is 5.21. The van der Waals surface area contributed by atoms with Crippen molar-refractivity contribution in [2.75, 3.05) is 11.4 Å². The third-order valence-electron chi connectivity index (χ3n) is 4.28. The fourth-order valence-corrected chi connectivity index (χ4v) is 3.28. The van der Waals surface area contributed by atoms with E-state index in [-0.39, 0.29) is 0 Å². The second-order valence-electron chi connectivity index (χ2n) is 5.65. The number of pyridine rings is 1. The summed E-state index contributed by atoms with van der Waals surface area (Å²) >= 11 is 0. The van der Waals surface area contributed by atoms with Gasteiger partial charge in [-0.1, -0.05) is 42.5 Å². The summed E-state index contributed by atoms with van der Waals surface area (Å²) in [6, 6.07) is 19.4. The highest BCUT2D eigenvalue weighted by Gasteiger charge is 2.17. The number of hydrogen-bond acceptors (Lipinski definition) is 2. The number of rotatable bonds is 2. The van der Waals surface area contributed by atoms with Crippen LogP contribution in [0, 0.1) is 0 Å². The number of benzene rings is 2. The van der Waals surface area contributed by atoms with Crippen molar-refractivity contribution in [3.63, 3.8) is 0 Å². The highest BCUT2D eigenvalue weighted by Crippen LogP contribution is 2.29. The number of aromatic nitrogens is 1. The molecule has 1 aromatic heterocycles. The van der Waals surface area contributed by atoms with E-state index >= 15 is 0 Å². The number of fused-ring (bicyclic) bond motifs is 2. The van der Waals surface area contributed by atoms with Crippen LogP contribution in [0.25, 0.3) is 10.9 Å². The molecule has 2 heteroatoms. The molecule has 0 amide bonds. The minimum Gasteiger partial charge on any atom is -0.367 e. The van der Waals surface area contributed by atoms with Crippen LogP contribution in [0.3, 0.4) is 0 Å². The minimum atomic E-state index is 0.936. The highest BCUT2D eigenvalue weighted by molar-refractivity contribution is 5.81. The number of aryl methyl sites for hydroxylation is 1. The summed E-state index contributed by atoms with van der Waals surface area (Å²) in [5.74, 6) is 0. The van der Waals surface area contributed by atoms with Crippen molar-refractivity contribution in [1.29, 1.82) is 0 Å². The predicted molar refractivity (Wildman–Crippen MR) is 87.6 cm³/mol. The van der Waals surface area contributed by atoms with E-state index in [1.165, 1.54) is 35.0 Å². The molecule has 2 heterocycles. The van der Waals surface area contributed by atoms with E-state index in [4.69, 9.17) is 0 Å². The Kier molecular flexibility index (Phi) is 3.07. The maximum absolute atomic E-state index is 4.58. The number of nitrogens with zero attached hydrogens (tertiary/aromatic N) is 2. The molecule has 0 aliphatic carbocycles. The summed E-state index contributed by atoms with van der Waals surface area (Å²) in [4.78, 5) is 7.06. The van der Waals surface area contributed by atoms with Gasteiger partial charge in [-0.15, -0.1) is 0 Å². The lowest BCUT2D eigenvalue weighted by atomic mass is 10.0. The molecule has 0 atom stereocenters. The Labute approximate surface area is 125 Å². The molecule has 1 aliphatic heterocycles. The number of anilines is 1. The lowest BCUT2D eigenvalue weighted by Crippen LogP contribution is -2.28. The van der Waals surface area contributed by atoms with Crippen LogP contribution in [0.2, 0.25) is 0 Å². The van der Waals surface area contributed by atoms with E-state index in [0.717, 1.165) is 18.6 Å². The molecule has 0 saturated carbocycles. The molecule has 0 bridgehead atoms. The lowest BCUT2D eigenvalue weighted by molar-refractivity contribution is 0.692.